The Morgan fingerprint density at radius 3 is 2.65 bits per heavy atom. The number of hydrogen-bond acceptors (Lipinski definition) is 4. The number of halogens is 2. The minimum Gasteiger partial charge on any atom is -0.371 e. The summed E-state index contributed by atoms with van der Waals surface area (Å²) in [7, 11) is 1.47. The van der Waals surface area contributed by atoms with Crippen LogP contribution in [-0.2, 0) is 4.79 Å². The number of nitrogens with zero attached hydrogens (tertiary/aromatic N) is 2. The zero-order valence-corrected chi connectivity index (χ0v) is 9.63. The molecule has 1 aromatic rings. The topological polar surface area (TPSA) is 71.2 Å². The van der Waals surface area contributed by atoms with Crippen LogP contribution >= 0.6 is 0 Å². The molecule has 17 heavy (non-hydrogen) atoms. The summed E-state index contributed by atoms with van der Waals surface area (Å²) in [5.74, 6) is -2.40. The summed E-state index contributed by atoms with van der Waals surface area (Å²) in [6, 6.07) is 0.720. The van der Waals surface area contributed by atoms with Gasteiger partial charge in [-0.15, -0.1) is 0 Å². The summed E-state index contributed by atoms with van der Waals surface area (Å²) in [5.41, 5.74) is 5.04. The molecular weight excluding hydrogens is 230 g/mol. The van der Waals surface area contributed by atoms with Gasteiger partial charge in [0.25, 0.3) is 0 Å². The maximum atomic E-state index is 13.5. The van der Waals surface area contributed by atoms with Crippen LogP contribution in [0.4, 0.5) is 20.4 Å². The Morgan fingerprint density at radius 1 is 1.53 bits per heavy atom. The first-order valence-electron chi connectivity index (χ1n) is 5.06. The average Bonchev–Trinajstić information content (AvgIpc) is 2.26. The number of aromatic nitrogens is 1. The van der Waals surface area contributed by atoms with Crippen molar-refractivity contribution in [1.82, 2.24) is 4.98 Å². The lowest BCUT2D eigenvalue weighted by Gasteiger charge is -2.21. The largest absolute Gasteiger partial charge is 0.371 e. The van der Waals surface area contributed by atoms with Crippen LogP contribution in [0.1, 0.15) is 6.92 Å². The maximum absolute atomic E-state index is 13.5. The lowest BCUT2D eigenvalue weighted by atomic mass is 10.3. The second kappa shape index (κ2) is 5.42. The molecule has 1 heterocycles. The fourth-order valence-electron chi connectivity index (χ4n) is 1.38. The fourth-order valence-corrected chi connectivity index (χ4v) is 1.38. The van der Waals surface area contributed by atoms with Gasteiger partial charge in [0.15, 0.2) is 23.3 Å². The minimum atomic E-state index is -0.829. The summed E-state index contributed by atoms with van der Waals surface area (Å²) in [5, 5.41) is 2.50. The van der Waals surface area contributed by atoms with Gasteiger partial charge in [-0.05, 0) is 6.92 Å². The molecule has 1 amide bonds. The van der Waals surface area contributed by atoms with Gasteiger partial charge in [-0.2, -0.15) is 0 Å². The van der Waals surface area contributed by atoms with Gasteiger partial charge in [0.1, 0.15) is 0 Å². The first kappa shape index (κ1) is 13.1. The maximum Gasteiger partial charge on any atom is 0.236 e. The molecule has 0 fully saturated rings. The third-order valence-corrected chi connectivity index (χ3v) is 2.18. The highest BCUT2D eigenvalue weighted by Gasteiger charge is 2.17. The van der Waals surface area contributed by atoms with Crippen LogP contribution in [0.3, 0.4) is 0 Å². The second-order valence-corrected chi connectivity index (χ2v) is 3.35. The molecule has 0 spiro atoms. The highest BCUT2D eigenvalue weighted by Crippen LogP contribution is 2.21. The van der Waals surface area contributed by atoms with Crippen molar-refractivity contribution in [2.24, 2.45) is 5.73 Å². The number of rotatable bonds is 5. The Bertz CT molecular complexity index is 425. The number of likely N-dealkylation sites (N-methyl/N-ethyl adjacent to an activating group) is 1. The van der Waals surface area contributed by atoms with Crippen molar-refractivity contribution < 1.29 is 13.6 Å². The SMILES string of the molecule is CCN(CC(N)=O)c1nc(NC)c(F)cc1F. The van der Waals surface area contributed by atoms with Crippen molar-refractivity contribution in [2.45, 2.75) is 6.92 Å². The Balaban J connectivity index is 3.14. The number of hydrogen-bond donors (Lipinski definition) is 2. The van der Waals surface area contributed by atoms with Crippen LogP contribution in [-0.4, -0.2) is 31.0 Å². The predicted molar refractivity (Wildman–Crippen MR) is 60.8 cm³/mol. The summed E-state index contributed by atoms with van der Waals surface area (Å²) in [6.45, 7) is 1.88. The fraction of sp³-hybridized carbons (Fsp3) is 0.400. The van der Waals surface area contributed by atoms with E-state index in [1.54, 1.807) is 6.92 Å². The molecule has 0 saturated heterocycles. The first-order valence-corrected chi connectivity index (χ1v) is 5.06. The molecule has 0 bridgehead atoms. The van der Waals surface area contributed by atoms with Gasteiger partial charge in [-0.25, -0.2) is 13.8 Å². The van der Waals surface area contributed by atoms with Crippen molar-refractivity contribution in [2.75, 3.05) is 30.4 Å². The molecule has 0 aliphatic carbocycles. The highest BCUT2D eigenvalue weighted by molar-refractivity contribution is 5.79. The number of primary amides is 1. The lowest BCUT2D eigenvalue weighted by molar-refractivity contribution is -0.116. The third-order valence-electron chi connectivity index (χ3n) is 2.18. The van der Waals surface area contributed by atoms with E-state index in [0.717, 1.165) is 6.07 Å². The third kappa shape index (κ3) is 3.02. The summed E-state index contributed by atoms with van der Waals surface area (Å²) < 4.78 is 26.7. The first-order chi connectivity index (χ1) is 7.99. The van der Waals surface area contributed by atoms with Crippen LogP contribution in [0, 0.1) is 11.6 Å². The van der Waals surface area contributed by atoms with Crippen LogP contribution in [0.25, 0.3) is 0 Å². The molecular formula is C10H14F2N4O. The molecule has 0 radical (unpaired) electrons. The molecule has 1 rings (SSSR count). The highest BCUT2D eigenvalue weighted by atomic mass is 19.1. The van der Waals surface area contributed by atoms with Crippen molar-refractivity contribution >= 4 is 17.5 Å². The van der Waals surface area contributed by atoms with Gasteiger partial charge in [-0.1, -0.05) is 0 Å². The molecule has 1 aromatic heterocycles. The van der Waals surface area contributed by atoms with Gasteiger partial charge < -0.3 is 16.0 Å². The molecule has 94 valence electrons. The molecule has 3 N–H and O–H groups in total. The second-order valence-electron chi connectivity index (χ2n) is 3.35. The van der Waals surface area contributed by atoms with E-state index in [1.165, 1.54) is 11.9 Å². The summed E-state index contributed by atoms with van der Waals surface area (Å²) in [4.78, 5) is 15.9. The Kier molecular flexibility index (Phi) is 4.19. The van der Waals surface area contributed by atoms with Crippen LogP contribution in [0.2, 0.25) is 0 Å². The average molecular weight is 244 g/mol. The van der Waals surface area contributed by atoms with Gasteiger partial charge >= 0.3 is 0 Å². The van der Waals surface area contributed by atoms with Crippen molar-refractivity contribution in [3.05, 3.63) is 17.7 Å². The van der Waals surface area contributed by atoms with Crippen molar-refractivity contribution in [1.29, 1.82) is 0 Å². The van der Waals surface area contributed by atoms with E-state index in [0.29, 0.717) is 6.54 Å². The van der Waals surface area contributed by atoms with Crippen molar-refractivity contribution in [3.63, 3.8) is 0 Å². The standard InChI is InChI=1S/C10H14F2N4O/c1-3-16(5-8(13)17)10-7(12)4-6(11)9(14-2)15-10/h4H,3,5H2,1-2H3,(H2,13,17)(H,14,15). The molecule has 0 atom stereocenters. The van der Waals surface area contributed by atoms with E-state index in [2.05, 4.69) is 10.3 Å². The minimum absolute atomic E-state index is 0.0793. The summed E-state index contributed by atoms with van der Waals surface area (Å²) >= 11 is 0. The lowest BCUT2D eigenvalue weighted by Crippen LogP contribution is -2.35. The van der Waals surface area contributed by atoms with E-state index in [4.69, 9.17) is 5.73 Å². The van der Waals surface area contributed by atoms with Gasteiger partial charge in [-0.3, -0.25) is 4.79 Å². The Hall–Kier alpha value is -1.92. The van der Waals surface area contributed by atoms with Crippen LogP contribution < -0.4 is 16.0 Å². The zero-order valence-electron chi connectivity index (χ0n) is 9.63. The Labute approximate surface area is 97.6 Å². The molecule has 5 nitrogen and oxygen atoms in total. The number of carbonyl (C=O) groups excluding carboxylic acids is 1. The predicted octanol–water partition coefficient (Wildman–Crippen LogP) is 0.713. The Morgan fingerprint density at radius 2 is 2.18 bits per heavy atom. The van der Waals surface area contributed by atoms with Gasteiger partial charge in [0.05, 0.1) is 6.54 Å². The van der Waals surface area contributed by atoms with Crippen LogP contribution in [0.15, 0.2) is 6.07 Å². The molecule has 0 aliphatic rings. The quantitative estimate of drug-likeness (QED) is 0.800. The smallest absolute Gasteiger partial charge is 0.236 e. The van der Waals surface area contributed by atoms with Gasteiger partial charge in [0.2, 0.25) is 5.91 Å². The molecule has 0 aliphatic heterocycles. The van der Waals surface area contributed by atoms with E-state index >= 15 is 0 Å². The van der Waals surface area contributed by atoms with E-state index < -0.39 is 17.5 Å². The summed E-state index contributed by atoms with van der Waals surface area (Å²) in [6.07, 6.45) is 0. The van der Waals surface area contributed by atoms with Gasteiger partial charge in [0, 0.05) is 19.7 Å². The molecule has 0 unspecified atom stereocenters. The molecule has 7 heteroatoms. The van der Waals surface area contributed by atoms with E-state index in [1.807, 2.05) is 0 Å². The monoisotopic (exact) mass is 244 g/mol. The number of nitrogens with one attached hydrogen (secondary N) is 1. The van der Waals surface area contributed by atoms with Crippen LogP contribution in [0.5, 0.6) is 0 Å². The van der Waals surface area contributed by atoms with E-state index in [-0.39, 0.29) is 18.2 Å². The number of pyridine rings is 1. The number of anilines is 2. The van der Waals surface area contributed by atoms with Crippen molar-refractivity contribution in [3.8, 4) is 0 Å². The van der Waals surface area contributed by atoms with E-state index in [9.17, 15) is 13.6 Å². The molecule has 0 aromatic carbocycles. The number of amides is 1. The zero-order chi connectivity index (χ0) is 13.0. The normalized spacial score (nSPS) is 10.1. The number of carbonyl (C=O) groups is 1. The number of nitrogens with two attached hydrogens (primary N) is 1. The molecule has 0 saturated carbocycles.